The molecular formula is C22H31FN4O6. The lowest BCUT2D eigenvalue weighted by molar-refractivity contribution is -0.125. The molecule has 0 radical (unpaired) electrons. The molecule has 2 heterocycles. The zero-order valence-electron chi connectivity index (χ0n) is 19.0. The van der Waals surface area contributed by atoms with E-state index in [-0.39, 0.29) is 30.4 Å². The number of benzene rings is 1. The Morgan fingerprint density at radius 2 is 2.09 bits per heavy atom. The quantitative estimate of drug-likeness (QED) is 0.437. The van der Waals surface area contributed by atoms with Gasteiger partial charge in [0, 0.05) is 11.9 Å². The molecule has 1 aliphatic heterocycles. The van der Waals surface area contributed by atoms with Crippen LogP contribution < -0.4 is 10.6 Å². The molecule has 1 fully saturated rings. The zero-order valence-corrected chi connectivity index (χ0v) is 19.0. The van der Waals surface area contributed by atoms with Crippen molar-refractivity contribution >= 4 is 22.7 Å². The maximum atomic E-state index is 14.7. The molecule has 1 aromatic carbocycles. The molecule has 1 aromatic heterocycles. The van der Waals surface area contributed by atoms with Gasteiger partial charge in [0.05, 0.1) is 39.1 Å². The molecule has 0 bridgehead atoms. The summed E-state index contributed by atoms with van der Waals surface area (Å²) in [4.78, 5) is 25.9. The van der Waals surface area contributed by atoms with Crippen LogP contribution in [0.15, 0.2) is 18.2 Å². The third-order valence-corrected chi connectivity index (χ3v) is 5.32. The zero-order chi connectivity index (χ0) is 24.2. The van der Waals surface area contributed by atoms with Crippen LogP contribution >= 0.6 is 0 Å². The number of aromatic nitrogens is 2. The number of hydrogen-bond acceptors (Lipinski definition) is 7. The SMILES string of the molecule is CC(C)(C)C(NC(=O)c1nn(C[C@@H]2COCCO2)c2c(F)cccc12)C(=O)NC[C@@H](O)CO. The maximum Gasteiger partial charge on any atom is 0.273 e. The summed E-state index contributed by atoms with van der Waals surface area (Å²) in [6.07, 6.45) is -1.44. The minimum absolute atomic E-state index is 0.0151. The molecule has 4 N–H and O–H groups in total. The molecule has 1 aliphatic rings. The molecule has 1 saturated heterocycles. The van der Waals surface area contributed by atoms with Gasteiger partial charge in [0.25, 0.3) is 5.91 Å². The fourth-order valence-corrected chi connectivity index (χ4v) is 3.59. The number of halogens is 1. The minimum Gasteiger partial charge on any atom is -0.394 e. The van der Waals surface area contributed by atoms with Crippen molar-refractivity contribution in [1.82, 2.24) is 20.4 Å². The second kappa shape index (κ2) is 10.6. The lowest BCUT2D eigenvalue weighted by atomic mass is 9.86. The van der Waals surface area contributed by atoms with Crippen molar-refractivity contribution in [2.24, 2.45) is 5.41 Å². The van der Waals surface area contributed by atoms with Crippen LogP contribution in [0.1, 0.15) is 31.3 Å². The van der Waals surface area contributed by atoms with Crippen LogP contribution in [0.25, 0.3) is 10.9 Å². The van der Waals surface area contributed by atoms with Crippen molar-refractivity contribution in [3.05, 3.63) is 29.7 Å². The maximum absolute atomic E-state index is 14.7. The number of nitrogens with zero attached hydrogens (tertiary/aromatic N) is 2. The summed E-state index contributed by atoms with van der Waals surface area (Å²) in [7, 11) is 0. The normalized spacial score (nSPS) is 18.7. The minimum atomic E-state index is -1.11. The standard InChI is InChI=1S/C22H31FN4O6/c1-22(2,3)19(21(31)24-9-13(29)11-28)25-20(30)17-15-5-4-6-16(23)18(15)27(26-17)10-14-12-32-7-8-33-14/h4-6,13-14,19,28-29H,7-12H2,1-3H3,(H,24,31)(H,25,30)/t13-,14-,19?/m1/s1. The Labute approximate surface area is 191 Å². The molecule has 0 saturated carbocycles. The van der Waals surface area contributed by atoms with Crippen LogP contribution in [0.2, 0.25) is 0 Å². The molecule has 0 aliphatic carbocycles. The topological polar surface area (TPSA) is 135 Å². The Bertz CT molecular complexity index is 983. The molecule has 1 unspecified atom stereocenters. The number of para-hydroxylation sites is 1. The highest BCUT2D eigenvalue weighted by Gasteiger charge is 2.34. The van der Waals surface area contributed by atoms with Gasteiger partial charge in [-0.15, -0.1) is 0 Å². The number of aliphatic hydroxyl groups excluding tert-OH is 2. The number of amides is 2. The molecular weight excluding hydrogens is 435 g/mol. The lowest BCUT2D eigenvalue weighted by Gasteiger charge is -2.30. The van der Waals surface area contributed by atoms with Crippen molar-refractivity contribution in [3.63, 3.8) is 0 Å². The van der Waals surface area contributed by atoms with Crippen molar-refractivity contribution in [2.75, 3.05) is 33.0 Å². The van der Waals surface area contributed by atoms with E-state index in [1.165, 1.54) is 16.8 Å². The highest BCUT2D eigenvalue weighted by molar-refractivity contribution is 6.06. The summed E-state index contributed by atoms with van der Waals surface area (Å²) in [5.74, 6) is -1.69. The van der Waals surface area contributed by atoms with Crippen LogP contribution in [-0.4, -0.2) is 83.0 Å². The van der Waals surface area contributed by atoms with Crippen LogP contribution in [0.4, 0.5) is 4.39 Å². The summed E-state index contributed by atoms with van der Waals surface area (Å²) in [6, 6.07) is 3.40. The Balaban J connectivity index is 1.87. The number of fused-ring (bicyclic) bond motifs is 1. The third kappa shape index (κ3) is 6.05. The van der Waals surface area contributed by atoms with Crippen LogP contribution in [0, 0.1) is 11.2 Å². The molecule has 182 valence electrons. The Kier molecular flexibility index (Phi) is 8.01. The molecule has 3 rings (SSSR count). The van der Waals surface area contributed by atoms with Crippen molar-refractivity contribution < 1.29 is 33.7 Å². The van der Waals surface area contributed by atoms with E-state index >= 15 is 0 Å². The first-order valence-electron chi connectivity index (χ1n) is 10.8. The van der Waals surface area contributed by atoms with Gasteiger partial charge in [0.2, 0.25) is 5.91 Å². The summed E-state index contributed by atoms with van der Waals surface area (Å²) in [5.41, 5.74) is -0.529. The van der Waals surface area contributed by atoms with E-state index in [9.17, 15) is 19.1 Å². The lowest BCUT2D eigenvalue weighted by Crippen LogP contribution is -2.54. The van der Waals surface area contributed by atoms with Gasteiger partial charge in [-0.25, -0.2) is 4.39 Å². The van der Waals surface area contributed by atoms with Crippen molar-refractivity contribution in [2.45, 2.75) is 45.6 Å². The number of carbonyl (C=O) groups is 2. The van der Waals surface area contributed by atoms with E-state index in [1.807, 2.05) is 0 Å². The van der Waals surface area contributed by atoms with E-state index < -0.39 is 41.8 Å². The van der Waals surface area contributed by atoms with E-state index in [0.717, 1.165) is 0 Å². The van der Waals surface area contributed by atoms with Crippen molar-refractivity contribution in [1.29, 1.82) is 0 Å². The first kappa shape index (κ1) is 25.0. The molecule has 2 amide bonds. The number of ether oxygens (including phenoxy) is 2. The first-order valence-corrected chi connectivity index (χ1v) is 10.8. The second-order valence-corrected chi connectivity index (χ2v) is 9.09. The molecule has 33 heavy (non-hydrogen) atoms. The number of rotatable bonds is 8. The van der Waals surface area contributed by atoms with Gasteiger partial charge in [0.1, 0.15) is 23.5 Å². The fourth-order valence-electron chi connectivity index (χ4n) is 3.59. The van der Waals surface area contributed by atoms with E-state index in [0.29, 0.717) is 25.2 Å². The molecule has 0 spiro atoms. The average molecular weight is 467 g/mol. The van der Waals surface area contributed by atoms with Gasteiger partial charge in [-0.3, -0.25) is 14.3 Å². The van der Waals surface area contributed by atoms with Crippen LogP contribution in [0.3, 0.4) is 0 Å². The Morgan fingerprint density at radius 1 is 1.33 bits per heavy atom. The summed E-state index contributed by atoms with van der Waals surface area (Å²) in [5, 5.41) is 28.3. The summed E-state index contributed by atoms with van der Waals surface area (Å²) in [6.45, 7) is 6.11. The smallest absolute Gasteiger partial charge is 0.273 e. The van der Waals surface area contributed by atoms with Crippen LogP contribution in [-0.2, 0) is 20.8 Å². The van der Waals surface area contributed by atoms with Gasteiger partial charge >= 0.3 is 0 Å². The highest BCUT2D eigenvalue weighted by atomic mass is 19.1. The number of carbonyl (C=O) groups excluding carboxylic acids is 2. The first-order chi connectivity index (χ1) is 15.6. The molecule has 11 heteroatoms. The predicted octanol–water partition coefficient (Wildman–Crippen LogP) is 0.205. The number of aliphatic hydroxyl groups is 2. The Hall–Kier alpha value is -2.60. The molecule has 10 nitrogen and oxygen atoms in total. The highest BCUT2D eigenvalue weighted by Crippen LogP contribution is 2.24. The van der Waals surface area contributed by atoms with E-state index in [2.05, 4.69) is 15.7 Å². The van der Waals surface area contributed by atoms with Gasteiger partial charge in [0.15, 0.2) is 5.69 Å². The number of hydrogen-bond donors (Lipinski definition) is 4. The largest absolute Gasteiger partial charge is 0.394 e. The average Bonchev–Trinajstić information content (AvgIpc) is 3.15. The van der Waals surface area contributed by atoms with Gasteiger partial charge in [-0.2, -0.15) is 5.10 Å². The summed E-state index contributed by atoms with van der Waals surface area (Å²) < 4.78 is 27.1. The van der Waals surface area contributed by atoms with Crippen LogP contribution in [0.5, 0.6) is 0 Å². The Morgan fingerprint density at radius 3 is 2.73 bits per heavy atom. The second-order valence-electron chi connectivity index (χ2n) is 9.09. The number of nitrogens with one attached hydrogen (secondary N) is 2. The summed E-state index contributed by atoms with van der Waals surface area (Å²) >= 11 is 0. The monoisotopic (exact) mass is 466 g/mol. The fraction of sp³-hybridized carbons (Fsp3) is 0.591. The molecule has 2 aromatic rings. The van der Waals surface area contributed by atoms with Gasteiger partial charge in [-0.05, 0) is 11.5 Å². The molecule has 3 atom stereocenters. The van der Waals surface area contributed by atoms with E-state index in [1.54, 1.807) is 26.8 Å². The third-order valence-electron chi connectivity index (χ3n) is 5.32. The van der Waals surface area contributed by atoms with Gasteiger partial charge < -0.3 is 30.3 Å². The van der Waals surface area contributed by atoms with Crippen molar-refractivity contribution in [3.8, 4) is 0 Å². The predicted molar refractivity (Wildman–Crippen MR) is 117 cm³/mol. The van der Waals surface area contributed by atoms with E-state index in [4.69, 9.17) is 14.6 Å². The van der Waals surface area contributed by atoms with Gasteiger partial charge in [-0.1, -0.05) is 32.9 Å².